The summed E-state index contributed by atoms with van der Waals surface area (Å²) in [5.41, 5.74) is 0.201. The molecule has 0 aromatic heterocycles. The number of carboxylic acid groups (broad SMARTS) is 1. The van der Waals surface area contributed by atoms with Crippen LogP contribution in [0.2, 0.25) is 0 Å². The lowest BCUT2D eigenvalue weighted by molar-refractivity contribution is 0.0697. The highest BCUT2D eigenvalue weighted by Crippen LogP contribution is 2.34. The van der Waals surface area contributed by atoms with Crippen molar-refractivity contribution in [1.82, 2.24) is 0 Å². The molecule has 0 aliphatic rings. The Balaban J connectivity index is 2.57. The molecule has 1 atom stereocenters. The molecule has 5 nitrogen and oxygen atoms in total. The Kier molecular flexibility index (Phi) is 10.00. The van der Waals surface area contributed by atoms with E-state index in [4.69, 9.17) is 0 Å². The third-order valence-electron chi connectivity index (χ3n) is 4.37. The van der Waals surface area contributed by atoms with Crippen LogP contribution in [0.25, 0.3) is 0 Å². The van der Waals surface area contributed by atoms with Gasteiger partial charge in [-0.2, -0.15) is 0 Å². The van der Waals surface area contributed by atoms with Gasteiger partial charge in [-0.1, -0.05) is 64.0 Å². The van der Waals surface area contributed by atoms with E-state index in [2.05, 4.69) is 6.92 Å². The number of unbranched alkanes of at least 4 members (excludes halogenated alkanes) is 7. The molecule has 0 heterocycles. The van der Waals surface area contributed by atoms with E-state index < -0.39 is 16.7 Å². The average molecular weight is 462 g/mol. The maximum absolute atomic E-state index is 11.3. The third kappa shape index (κ3) is 7.64. The number of halogens is 1. The SMILES string of the molecule is CCCCCCCCCCC(O)(I)c1ccc(B(O)O)c(C(=O)O)c1. The number of aromatic carboxylic acids is 1. The molecule has 0 amide bonds. The van der Waals surface area contributed by atoms with Crippen molar-refractivity contribution in [3.05, 3.63) is 29.3 Å². The second kappa shape index (κ2) is 11.2. The summed E-state index contributed by atoms with van der Waals surface area (Å²) in [6.45, 7) is 2.20. The number of hydrogen-bond donors (Lipinski definition) is 4. The van der Waals surface area contributed by atoms with E-state index >= 15 is 0 Å². The molecule has 0 saturated carbocycles. The molecule has 0 spiro atoms. The first-order valence-corrected chi connectivity index (χ1v) is 10.0. The minimum atomic E-state index is -1.85. The van der Waals surface area contributed by atoms with E-state index in [1.54, 1.807) is 6.07 Å². The molecule has 1 aromatic rings. The fourth-order valence-electron chi connectivity index (χ4n) is 2.84. The monoisotopic (exact) mass is 462 g/mol. The van der Waals surface area contributed by atoms with Gasteiger partial charge >= 0.3 is 13.1 Å². The van der Waals surface area contributed by atoms with Gasteiger partial charge in [-0.25, -0.2) is 4.79 Å². The van der Waals surface area contributed by atoms with Crippen LogP contribution in [-0.2, 0) is 3.61 Å². The molecule has 7 heteroatoms. The van der Waals surface area contributed by atoms with Gasteiger partial charge in [-0.05, 0) is 52.5 Å². The lowest BCUT2D eigenvalue weighted by Gasteiger charge is -2.23. The van der Waals surface area contributed by atoms with Crippen LogP contribution in [0.4, 0.5) is 0 Å². The molecule has 0 aliphatic carbocycles. The Labute approximate surface area is 163 Å². The molecule has 1 unspecified atom stereocenters. The van der Waals surface area contributed by atoms with Crippen molar-refractivity contribution in [2.45, 2.75) is 68.3 Å². The minimum Gasteiger partial charge on any atom is -0.478 e. The second-order valence-corrected chi connectivity index (χ2v) is 8.25. The summed E-state index contributed by atoms with van der Waals surface area (Å²) in [6.07, 6.45) is 9.87. The molecule has 0 saturated heterocycles. The molecule has 1 rings (SSSR count). The predicted octanol–water partition coefficient (Wildman–Crippen LogP) is 3.18. The van der Waals surface area contributed by atoms with Crippen molar-refractivity contribution in [3.63, 3.8) is 0 Å². The second-order valence-electron chi connectivity index (χ2n) is 6.47. The highest BCUT2D eigenvalue weighted by molar-refractivity contribution is 14.1. The van der Waals surface area contributed by atoms with Gasteiger partial charge in [0, 0.05) is 0 Å². The van der Waals surface area contributed by atoms with Crippen molar-refractivity contribution < 1.29 is 25.1 Å². The van der Waals surface area contributed by atoms with Crippen molar-refractivity contribution in [3.8, 4) is 0 Å². The van der Waals surface area contributed by atoms with Gasteiger partial charge in [-0.3, -0.25) is 0 Å². The van der Waals surface area contributed by atoms with E-state index in [1.165, 1.54) is 44.2 Å². The smallest absolute Gasteiger partial charge is 0.478 e. The van der Waals surface area contributed by atoms with Crippen LogP contribution < -0.4 is 5.46 Å². The summed E-state index contributed by atoms with van der Waals surface area (Å²) in [5.74, 6) is -1.25. The lowest BCUT2D eigenvalue weighted by atomic mass is 9.76. The average Bonchev–Trinajstić information content (AvgIpc) is 2.56. The molecule has 140 valence electrons. The van der Waals surface area contributed by atoms with Crippen LogP contribution in [0.1, 0.15) is 80.6 Å². The van der Waals surface area contributed by atoms with Crippen molar-refractivity contribution >= 4 is 41.1 Å². The predicted molar refractivity (Wildman–Crippen MR) is 108 cm³/mol. The summed E-state index contributed by atoms with van der Waals surface area (Å²) in [7, 11) is -1.85. The van der Waals surface area contributed by atoms with Crippen molar-refractivity contribution in [1.29, 1.82) is 0 Å². The number of alkyl halides is 1. The molecular formula is C18H28BIO5. The Hall–Kier alpha value is -0.635. The third-order valence-corrected chi connectivity index (χ3v) is 5.53. The molecular weight excluding hydrogens is 434 g/mol. The minimum absolute atomic E-state index is 0.0736. The van der Waals surface area contributed by atoms with E-state index in [0.717, 1.165) is 19.3 Å². The zero-order valence-electron chi connectivity index (χ0n) is 14.7. The summed E-state index contributed by atoms with van der Waals surface area (Å²) < 4.78 is -1.16. The standard InChI is InChI=1S/C18H28BIO5/c1-2-3-4-5-6-7-8-9-12-18(20,23)14-10-11-16(19(24)25)15(13-14)17(21)22/h10-11,13,23-25H,2-9,12H2,1H3,(H,21,22). The molecule has 4 N–H and O–H groups in total. The molecule has 0 fully saturated rings. The zero-order chi connectivity index (χ0) is 18.9. The lowest BCUT2D eigenvalue weighted by Crippen LogP contribution is -2.35. The molecule has 0 bridgehead atoms. The maximum Gasteiger partial charge on any atom is 0.489 e. The van der Waals surface area contributed by atoms with E-state index in [0.29, 0.717) is 12.0 Å². The summed E-state index contributed by atoms with van der Waals surface area (Å²) in [5, 5.41) is 38.4. The van der Waals surface area contributed by atoms with Gasteiger partial charge in [0.2, 0.25) is 0 Å². The van der Waals surface area contributed by atoms with E-state index in [-0.39, 0.29) is 11.0 Å². The van der Waals surface area contributed by atoms with E-state index in [1.807, 2.05) is 22.6 Å². The quantitative estimate of drug-likeness (QED) is 0.166. The molecule has 0 radical (unpaired) electrons. The van der Waals surface area contributed by atoms with Crippen LogP contribution in [-0.4, -0.2) is 33.3 Å². The Morgan fingerprint density at radius 2 is 1.64 bits per heavy atom. The van der Waals surface area contributed by atoms with Gasteiger partial charge in [0.05, 0.1) is 5.56 Å². The van der Waals surface area contributed by atoms with Gasteiger partial charge in [0.1, 0.15) is 3.61 Å². The zero-order valence-corrected chi connectivity index (χ0v) is 16.9. The van der Waals surface area contributed by atoms with Crippen LogP contribution in [0, 0.1) is 0 Å². The van der Waals surface area contributed by atoms with Gasteiger partial charge in [-0.15, -0.1) is 0 Å². The highest BCUT2D eigenvalue weighted by atomic mass is 127. The number of rotatable bonds is 12. The van der Waals surface area contributed by atoms with Crippen LogP contribution in [0.5, 0.6) is 0 Å². The number of carboxylic acids is 1. The first-order valence-electron chi connectivity index (χ1n) is 8.94. The molecule has 1 aromatic carbocycles. The van der Waals surface area contributed by atoms with Crippen LogP contribution in [0.15, 0.2) is 18.2 Å². The van der Waals surface area contributed by atoms with Gasteiger partial charge in [0.25, 0.3) is 0 Å². The van der Waals surface area contributed by atoms with Gasteiger partial charge < -0.3 is 20.3 Å². The van der Waals surface area contributed by atoms with Crippen molar-refractivity contribution in [2.24, 2.45) is 0 Å². The Morgan fingerprint density at radius 3 is 2.16 bits per heavy atom. The topological polar surface area (TPSA) is 98.0 Å². The normalized spacial score (nSPS) is 13.5. The molecule has 0 aliphatic heterocycles. The number of aliphatic hydroxyl groups is 1. The number of carbonyl (C=O) groups is 1. The van der Waals surface area contributed by atoms with Gasteiger partial charge in [0.15, 0.2) is 0 Å². The fraction of sp³-hybridized carbons (Fsp3) is 0.611. The fourth-order valence-corrected chi connectivity index (χ4v) is 3.56. The first-order chi connectivity index (χ1) is 11.8. The van der Waals surface area contributed by atoms with Crippen molar-refractivity contribution in [2.75, 3.05) is 0 Å². The largest absolute Gasteiger partial charge is 0.489 e. The van der Waals surface area contributed by atoms with E-state index in [9.17, 15) is 25.1 Å². The van der Waals surface area contributed by atoms with Crippen LogP contribution >= 0.6 is 22.6 Å². The summed E-state index contributed by atoms with van der Waals surface area (Å²) in [6, 6.07) is 4.23. The Morgan fingerprint density at radius 1 is 1.08 bits per heavy atom. The summed E-state index contributed by atoms with van der Waals surface area (Å²) in [4.78, 5) is 11.3. The first kappa shape index (κ1) is 22.4. The highest BCUT2D eigenvalue weighted by Gasteiger charge is 2.28. The molecule has 25 heavy (non-hydrogen) atoms. The summed E-state index contributed by atoms with van der Waals surface area (Å²) >= 11 is 1.93. The number of hydrogen-bond acceptors (Lipinski definition) is 4. The Bertz CT molecular complexity index is 548. The maximum atomic E-state index is 11.3. The number of benzene rings is 1. The van der Waals surface area contributed by atoms with Crippen LogP contribution in [0.3, 0.4) is 0 Å².